The van der Waals surface area contributed by atoms with Gasteiger partial charge in [-0.15, -0.1) is 0 Å². The molecule has 0 spiro atoms. The van der Waals surface area contributed by atoms with Crippen molar-refractivity contribution in [2.45, 2.75) is 19.8 Å². The number of anilines is 1. The number of carbonyl (C=O) groups is 2. The largest absolute Gasteiger partial charge is 0.353 e. The summed E-state index contributed by atoms with van der Waals surface area (Å²) in [6, 6.07) is 1.77. The number of piperidine rings is 1. The second-order valence-corrected chi connectivity index (χ2v) is 6.36. The van der Waals surface area contributed by atoms with E-state index in [0.717, 1.165) is 51.2 Å². The van der Waals surface area contributed by atoms with Crippen molar-refractivity contribution in [3.63, 3.8) is 0 Å². The Hall–Kier alpha value is -2.18. The molecule has 23 heavy (non-hydrogen) atoms. The summed E-state index contributed by atoms with van der Waals surface area (Å²) in [5.41, 5.74) is 0.461. The lowest BCUT2D eigenvalue weighted by atomic mass is 9.99. The van der Waals surface area contributed by atoms with Crippen molar-refractivity contribution >= 4 is 18.1 Å². The van der Waals surface area contributed by atoms with Crippen LogP contribution in [0.2, 0.25) is 0 Å². The Kier molecular flexibility index (Phi) is 4.73. The first-order valence-electron chi connectivity index (χ1n) is 8.23. The number of rotatable bonds is 3. The molecule has 1 aromatic rings. The van der Waals surface area contributed by atoms with Crippen molar-refractivity contribution in [3.05, 3.63) is 18.1 Å². The van der Waals surface area contributed by atoms with E-state index in [9.17, 15) is 9.59 Å². The zero-order valence-electron chi connectivity index (χ0n) is 13.5. The Morgan fingerprint density at radius 1 is 1.13 bits per heavy atom. The van der Waals surface area contributed by atoms with Crippen LogP contribution < -0.4 is 4.90 Å². The molecule has 7 nitrogen and oxygen atoms in total. The molecule has 3 rings (SSSR count). The molecule has 0 radical (unpaired) electrons. The Morgan fingerprint density at radius 3 is 2.48 bits per heavy atom. The minimum Gasteiger partial charge on any atom is -0.353 e. The van der Waals surface area contributed by atoms with Gasteiger partial charge in [0.25, 0.3) is 5.91 Å². The zero-order valence-corrected chi connectivity index (χ0v) is 13.5. The number of carbonyl (C=O) groups excluding carboxylic acids is 2. The second kappa shape index (κ2) is 6.93. The quantitative estimate of drug-likeness (QED) is 0.765. The van der Waals surface area contributed by atoms with Crippen molar-refractivity contribution in [2.24, 2.45) is 5.92 Å². The Bertz CT molecular complexity index is 563. The SMILES string of the molecule is CC1CCN(C(=O)c2cc(N3CCN(C=O)CC3)ncn2)CC1. The van der Waals surface area contributed by atoms with Crippen molar-refractivity contribution in [1.29, 1.82) is 0 Å². The zero-order chi connectivity index (χ0) is 16.2. The van der Waals surface area contributed by atoms with E-state index in [2.05, 4.69) is 21.8 Å². The molecule has 2 amide bonds. The Balaban J connectivity index is 1.67. The van der Waals surface area contributed by atoms with E-state index < -0.39 is 0 Å². The number of amides is 2. The van der Waals surface area contributed by atoms with Gasteiger partial charge in [0, 0.05) is 45.3 Å². The molecule has 0 aliphatic carbocycles. The molecule has 2 aliphatic rings. The Labute approximate surface area is 136 Å². The lowest BCUT2D eigenvalue weighted by molar-refractivity contribution is -0.118. The van der Waals surface area contributed by atoms with Gasteiger partial charge in [0.2, 0.25) is 6.41 Å². The van der Waals surface area contributed by atoms with E-state index in [4.69, 9.17) is 0 Å². The third-order valence-electron chi connectivity index (χ3n) is 4.73. The van der Waals surface area contributed by atoms with Crippen LogP contribution in [-0.4, -0.2) is 71.4 Å². The standard InChI is InChI=1S/C16H23N5O2/c1-13-2-4-21(5-3-13)16(23)14-10-15(18-11-17-14)20-8-6-19(12-22)7-9-20/h10-13H,2-9H2,1H3. The minimum atomic E-state index is -0.00734. The maximum absolute atomic E-state index is 12.6. The summed E-state index contributed by atoms with van der Waals surface area (Å²) in [6.45, 7) is 6.65. The van der Waals surface area contributed by atoms with Crippen LogP contribution in [0.3, 0.4) is 0 Å². The van der Waals surface area contributed by atoms with E-state index in [0.29, 0.717) is 24.7 Å². The number of hydrogen-bond acceptors (Lipinski definition) is 5. The highest BCUT2D eigenvalue weighted by atomic mass is 16.2. The van der Waals surface area contributed by atoms with Crippen LogP contribution in [0.5, 0.6) is 0 Å². The predicted molar refractivity (Wildman–Crippen MR) is 86.2 cm³/mol. The molecule has 7 heteroatoms. The van der Waals surface area contributed by atoms with Gasteiger partial charge in [0.15, 0.2) is 0 Å². The van der Waals surface area contributed by atoms with E-state index in [1.54, 1.807) is 11.0 Å². The van der Waals surface area contributed by atoms with Crippen molar-refractivity contribution < 1.29 is 9.59 Å². The first-order chi connectivity index (χ1) is 11.2. The van der Waals surface area contributed by atoms with Gasteiger partial charge in [-0.05, 0) is 18.8 Å². The first kappa shape index (κ1) is 15.7. The molecule has 1 aromatic heterocycles. The van der Waals surface area contributed by atoms with Gasteiger partial charge in [0.1, 0.15) is 17.8 Å². The maximum atomic E-state index is 12.6. The molecular formula is C16H23N5O2. The van der Waals surface area contributed by atoms with Gasteiger partial charge >= 0.3 is 0 Å². The van der Waals surface area contributed by atoms with E-state index in [1.807, 2.05) is 4.90 Å². The third kappa shape index (κ3) is 3.60. The normalized spacial score (nSPS) is 19.8. The lowest BCUT2D eigenvalue weighted by Crippen LogP contribution is -2.46. The van der Waals surface area contributed by atoms with Crippen LogP contribution in [0, 0.1) is 5.92 Å². The second-order valence-electron chi connectivity index (χ2n) is 6.36. The molecule has 0 N–H and O–H groups in total. The molecule has 0 aromatic carbocycles. The average Bonchev–Trinajstić information content (AvgIpc) is 2.62. The van der Waals surface area contributed by atoms with Gasteiger partial charge in [0.05, 0.1) is 0 Å². The van der Waals surface area contributed by atoms with Crippen LogP contribution in [0.25, 0.3) is 0 Å². The van der Waals surface area contributed by atoms with Crippen LogP contribution in [0.15, 0.2) is 12.4 Å². The molecule has 0 saturated carbocycles. The van der Waals surface area contributed by atoms with Gasteiger partial charge < -0.3 is 14.7 Å². The molecule has 2 aliphatic heterocycles. The van der Waals surface area contributed by atoms with Crippen LogP contribution in [-0.2, 0) is 4.79 Å². The Morgan fingerprint density at radius 2 is 1.83 bits per heavy atom. The van der Waals surface area contributed by atoms with Gasteiger partial charge in [-0.3, -0.25) is 9.59 Å². The monoisotopic (exact) mass is 317 g/mol. The fraction of sp³-hybridized carbons (Fsp3) is 0.625. The molecule has 0 bridgehead atoms. The third-order valence-corrected chi connectivity index (χ3v) is 4.73. The maximum Gasteiger partial charge on any atom is 0.272 e. The molecule has 0 atom stereocenters. The van der Waals surface area contributed by atoms with E-state index in [1.165, 1.54) is 6.33 Å². The lowest BCUT2D eigenvalue weighted by Gasteiger charge is -2.33. The highest BCUT2D eigenvalue weighted by Crippen LogP contribution is 2.19. The number of likely N-dealkylation sites (tertiary alicyclic amines) is 1. The summed E-state index contributed by atoms with van der Waals surface area (Å²) in [4.78, 5) is 37.6. The minimum absolute atomic E-state index is 0.00734. The van der Waals surface area contributed by atoms with E-state index in [-0.39, 0.29) is 5.91 Å². The van der Waals surface area contributed by atoms with E-state index >= 15 is 0 Å². The smallest absolute Gasteiger partial charge is 0.272 e. The highest BCUT2D eigenvalue weighted by Gasteiger charge is 2.24. The molecule has 2 saturated heterocycles. The van der Waals surface area contributed by atoms with Gasteiger partial charge in [-0.1, -0.05) is 6.92 Å². The van der Waals surface area contributed by atoms with Crippen LogP contribution in [0.1, 0.15) is 30.3 Å². The van der Waals surface area contributed by atoms with Gasteiger partial charge in [-0.2, -0.15) is 0 Å². The summed E-state index contributed by atoms with van der Waals surface area (Å²) in [5.74, 6) is 1.44. The van der Waals surface area contributed by atoms with Crippen molar-refractivity contribution in [1.82, 2.24) is 19.8 Å². The average molecular weight is 317 g/mol. The number of aromatic nitrogens is 2. The summed E-state index contributed by atoms with van der Waals surface area (Å²) in [7, 11) is 0. The summed E-state index contributed by atoms with van der Waals surface area (Å²) >= 11 is 0. The number of nitrogens with zero attached hydrogens (tertiary/aromatic N) is 5. The molecule has 124 valence electrons. The highest BCUT2D eigenvalue weighted by molar-refractivity contribution is 5.93. The topological polar surface area (TPSA) is 69.6 Å². The van der Waals surface area contributed by atoms with Crippen molar-refractivity contribution in [3.8, 4) is 0 Å². The summed E-state index contributed by atoms with van der Waals surface area (Å²) < 4.78 is 0. The van der Waals surface area contributed by atoms with Gasteiger partial charge in [-0.25, -0.2) is 9.97 Å². The number of hydrogen-bond donors (Lipinski definition) is 0. The van der Waals surface area contributed by atoms with Crippen molar-refractivity contribution in [2.75, 3.05) is 44.2 Å². The number of piperazine rings is 1. The predicted octanol–water partition coefficient (Wildman–Crippen LogP) is 0.627. The van der Waals surface area contributed by atoms with Crippen LogP contribution in [0.4, 0.5) is 5.82 Å². The fourth-order valence-electron chi connectivity index (χ4n) is 3.07. The molecular weight excluding hydrogens is 294 g/mol. The molecule has 3 heterocycles. The fourth-order valence-corrected chi connectivity index (χ4v) is 3.07. The summed E-state index contributed by atoms with van der Waals surface area (Å²) in [5, 5.41) is 0. The molecule has 2 fully saturated rings. The molecule has 0 unspecified atom stereocenters. The van der Waals surface area contributed by atoms with Crippen LogP contribution >= 0.6 is 0 Å². The summed E-state index contributed by atoms with van der Waals surface area (Å²) in [6.07, 6.45) is 4.44. The first-order valence-corrected chi connectivity index (χ1v) is 8.23.